The number of hydrogen-bond donors (Lipinski definition) is 2. The van der Waals surface area contributed by atoms with E-state index in [1.807, 2.05) is 0 Å². The molecule has 1 heterocycles. The van der Waals surface area contributed by atoms with Crippen LogP contribution in [0.3, 0.4) is 0 Å². The summed E-state index contributed by atoms with van der Waals surface area (Å²) in [5, 5.41) is 0. The van der Waals surface area contributed by atoms with E-state index in [0.717, 1.165) is 10.9 Å². The lowest BCUT2D eigenvalue weighted by Gasteiger charge is -2.09. The molecule has 1 aliphatic rings. The SMILES string of the molecule is ClCC1CC(c2ccc(Br)cc2)NN1. The number of rotatable bonds is 2. The van der Waals surface area contributed by atoms with Gasteiger partial charge in [0, 0.05) is 22.4 Å². The van der Waals surface area contributed by atoms with Crippen LogP contribution in [-0.2, 0) is 0 Å². The van der Waals surface area contributed by atoms with Crippen LogP contribution in [0.4, 0.5) is 0 Å². The molecule has 0 spiro atoms. The average Bonchev–Trinajstić information content (AvgIpc) is 2.67. The zero-order valence-electron chi connectivity index (χ0n) is 7.63. The van der Waals surface area contributed by atoms with Crippen LogP contribution in [0.25, 0.3) is 0 Å². The van der Waals surface area contributed by atoms with Crippen molar-refractivity contribution < 1.29 is 0 Å². The molecule has 76 valence electrons. The molecule has 1 aromatic carbocycles. The highest BCUT2D eigenvalue weighted by Gasteiger charge is 2.23. The normalized spacial score (nSPS) is 26.7. The third kappa shape index (κ3) is 2.28. The molecular formula is C10H12BrClN2. The van der Waals surface area contributed by atoms with E-state index >= 15 is 0 Å². The minimum atomic E-state index is 0.380. The molecule has 1 aliphatic heterocycles. The summed E-state index contributed by atoms with van der Waals surface area (Å²) in [6.45, 7) is 0. The van der Waals surface area contributed by atoms with Gasteiger partial charge in [0.15, 0.2) is 0 Å². The number of halogens is 2. The quantitative estimate of drug-likeness (QED) is 0.811. The molecule has 14 heavy (non-hydrogen) atoms. The van der Waals surface area contributed by atoms with Crippen molar-refractivity contribution in [1.29, 1.82) is 0 Å². The molecule has 1 fully saturated rings. The molecule has 0 aromatic heterocycles. The highest BCUT2D eigenvalue weighted by atomic mass is 79.9. The molecule has 2 unspecified atom stereocenters. The lowest BCUT2D eigenvalue weighted by atomic mass is 10.0. The van der Waals surface area contributed by atoms with Gasteiger partial charge < -0.3 is 0 Å². The first-order valence-electron chi connectivity index (χ1n) is 4.62. The highest BCUT2D eigenvalue weighted by molar-refractivity contribution is 9.10. The minimum absolute atomic E-state index is 0.380. The van der Waals surface area contributed by atoms with E-state index in [1.54, 1.807) is 0 Å². The molecule has 0 bridgehead atoms. The number of benzene rings is 1. The Kier molecular flexibility index (Phi) is 3.44. The molecule has 0 amide bonds. The first-order valence-corrected chi connectivity index (χ1v) is 5.95. The van der Waals surface area contributed by atoms with E-state index in [0.29, 0.717) is 18.0 Å². The lowest BCUT2D eigenvalue weighted by molar-refractivity contribution is 0.562. The van der Waals surface area contributed by atoms with E-state index in [-0.39, 0.29) is 0 Å². The molecule has 2 N–H and O–H groups in total. The zero-order valence-corrected chi connectivity index (χ0v) is 9.98. The van der Waals surface area contributed by atoms with Crippen LogP contribution in [-0.4, -0.2) is 11.9 Å². The molecule has 1 aromatic rings. The Hall–Kier alpha value is -0.0900. The Balaban J connectivity index is 2.06. The second kappa shape index (κ2) is 4.62. The topological polar surface area (TPSA) is 24.1 Å². The van der Waals surface area contributed by atoms with Gasteiger partial charge in [-0.1, -0.05) is 28.1 Å². The van der Waals surface area contributed by atoms with Crippen LogP contribution < -0.4 is 10.9 Å². The summed E-state index contributed by atoms with van der Waals surface area (Å²) >= 11 is 9.20. The van der Waals surface area contributed by atoms with Crippen molar-refractivity contribution in [2.45, 2.75) is 18.5 Å². The van der Waals surface area contributed by atoms with Crippen LogP contribution in [0.1, 0.15) is 18.0 Å². The summed E-state index contributed by atoms with van der Waals surface area (Å²) in [5.41, 5.74) is 7.72. The molecule has 4 heteroatoms. The standard InChI is InChI=1S/C10H12BrClN2/c11-8-3-1-7(2-4-8)10-5-9(6-12)13-14-10/h1-4,9-10,13-14H,5-6H2. The van der Waals surface area contributed by atoms with Gasteiger partial charge in [-0.15, -0.1) is 11.6 Å². The van der Waals surface area contributed by atoms with E-state index < -0.39 is 0 Å². The van der Waals surface area contributed by atoms with Crippen LogP contribution >= 0.6 is 27.5 Å². The molecule has 1 saturated heterocycles. The largest absolute Gasteiger partial charge is 0.253 e. The van der Waals surface area contributed by atoms with Crippen molar-refractivity contribution >= 4 is 27.5 Å². The third-order valence-electron chi connectivity index (χ3n) is 2.44. The molecular weight excluding hydrogens is 263 g/mol. The average molecular weight is 276 g/mol. The maximum Gasteiger partial charge on any atom is 0.0478 e. The Morgan fingerprint density at radius 2 is 2.00 bits per heavy atom. The van der Waals surface area contributed by atoms with Gasteiger partial charge in [-0.25, -0.2) is 5.43 Å². The number of alkyl halides is 1. The fourth-order valence-electron chi connectivity index (χ4n) is 1.64. The second-order valence-corrected chi connectivity index (χ2v) is 4.70. The number of hydrogen-bond acceptors (Lipinski definition) is 2. The summed E-state index contributed by atoms with van der Waals surface area (Å²) in [5.74, 6) is 0.653. The summed E-state index contributed by atoms with van der Waals surface area (Å²) in [6, 6.07) is 9.13. The molecule has 2 rings (SSSR count). The van der Waals surface area contributed by atoms with Gasteiger partial charge in [-0.3, -0.25) is 5.43 Å². The first kappa shape index (κ1) is 10.4. The molecule has 0 aliphatic carbocycles. The van der Waals surface area contributed by atoms with Gasteiger partial charge in [0.25, 0.3) is 0 Å². The summed E-state index contributed by atoms with van der Waals surface area (Å²) < 4.78 is 1.11. The van der Waals surface area contributed by atoms with Crippen LogP contribution in [0.15, 0.2) is 28.7 Å². The van der Waals surface area contributed by atoms with Gasteiger partial charge in [-0.05, 0) is 24.1 Å². The van der Waals surface area contributed by atoms with Crippen molar-refractivity contribution in [1.82, 2.24) is 10.9 Å². The van der Waals surface area contributed by atoms with Gasteiger partial charge in [0.1, 0.15) is 0 Å². The van der Waals surface area contributed by atoms with Crippen LogP contribution in [0, 0.1) is 0 Å². The maximum atomic E-state index is 5.78. The predicted octanol–water partition coefficient (Wildman–Crippen LogP) is 2.60. The fraction of sp³-hybridized carbons (Fsp3) is 0.400. The summed E-state index contributed by atoms with van der Waals surface area (Å²) in [7, 11) is 0. The molecule has 0 saturated carbocycles. The van der Waals surface area contributed by atoms with Gasteiger partial charge in [-0.2, -0.15) is 0 Å². The van der Waals surface area contributed by atoms with Gasteiger partial charge in [0.05, 0.1) is 0 Å². The number of hydrazine groups is 1. The van der Waals surface area contributed by atoms with Crippen molar-refractivity contribution in [3.63, 3.8) is 0 Å². The van der Waals surface area contributed by atoms with Gasteiger partial charge >= 0.3 is 0 Å². The van der Waals surface area contributed by atoms with E-state index in [2.05, 4.69) is 51.0 Å². The minimum Gasteiger partial charge on any atom is -0.253 e. The Labute approximate surface area is 97.1 Å². The van der Waals surface area contributed by atoms with Crippen molar-refractivity contribution in [3.05, 3.63) is 34.3 Å². The Morgan fingerprint density at radius 3 is 2.57 bits per heavy atom. The number of nitrogens with one attached hydrogen (secondary N) is 2. The summed E-state index contributed by atoms with van der Waals surface area (Å²) in [4.78, 5) is 0. The van der Waals surface area contributed by atoms with E-state index in [1.165, 1.54) is 5.56 Å². The fourth-order valence-corrected chi connectivity index (χ4v) is 2.10. The maximum absolute atomic E-state index is 5.78. The lowest BCUT2D eigenvalue weighted by Crippen LogP contribution is -2.31. The second-order valence-electron chi connectivity index (χ2n) is 3.48. The molecule has 2 atom stereocenters. The smallest absolute Gasteiger partial charge is 0.0478 e. The zero-order chi connectivity index (χ0) is 9.97. The van der Waals surface area contributed by atoms with Crippen LogP contribution in [0.5, 0.6) is 0 Å². The highest BCUT2D eigenvalue weighted by Crippen LogP contribution is 2.23. The Morgan fingerprint density at radius 1 is 1.29 bits per heavy atom. The predicted molar refractivity (Wildman–Crippen MR) is 62.3 cm³/mol. The third-order valence-corrected chi connectivity index (χ3v) is 3.34. The van der Waals surface area contributed by atoms with Crippen molar-refractivity contribution in [2.75, 3.05) is 5.88 Å². The van der Waals surface area contributed by atoms with Gasteiger partial charge in [0.2, 0.25) is 0 Å². The van der Waals surface area contributed by atoms with Crippen LogP contribution in [0.2, 0.25) is 0 Å². The summed E-state index contributed by atoms with van der Waals surface area (Å²) in [6.07, 6.45) is 1.05. The van der Waals surface area contributed by atoms with Crippen molar-refractivity contribution in [3.8, 4) is 0 Å². The molecule has 0 radical (unpaired) electrons. The first-order chi connectivity index (χ1) is 6.79. The molecule has 2 nitrogen and oxygen atoms in total. The van der Waals surface area contributed by atoms with E-state index in [4.69, 9.17) is 11.6 Å². The van der Waals surface area contributed by atoms with E-state index in [9.17, 15) is 0 Å². The van der Waals surface area contributed by atoms with Crippen molar-refractivity contribution in [2.24, 2.45) is 0 Å². The Bertz CT molecular complexity index is 301. The monoisotopic (exact) mass is 274 g/mol.